The zero-order valence-electron chi connectivity index (χ0n) is 13.6. The highest BCUT2D eigenvalue weighted by atomic mass is 32.2. The minimum atomic E-state index is -3.09. The van der Waals surface area contributed by atoms with Crippen LogP contribution in [0.3, 0.4) is 0 Å². The summed E-state index contributed by atoms with van der Waals surface area (Å²) in [5, 5.41) is 6.90. The Bertz CT molecular complexity index is 436. The smallest absolute Gasteiger partial charge is 0.191 e. The Balaban J connectivity index is 2.45. The molecule has 0 aromatic heterocycles. The number of hydrogen-bond acceptors (Lipinski definition) is 4. The van der Waals surface area contributed by atoms with Crippen LogP contribution < -0.4 is 10.6 Å². The first-order chi connectivity index (χ1) is 9.76. The van der Waals surface area contributed by atoms with Gasteiger partial charge in [0.1, 0.15) is 0 Å². The highest BCUT2D eigenvalue weighted by Gasteiger charge is 2.28. The Morgan fingerprint density at radius 2 is 2.05 bits per heavy atom. The molecule has 1 atom stereocenters. The minimum Gasteiger partial charge on any atom is -0.357 e. The lowest BCUT2D eigenvalue weighted by atomic mass is 10.2. The Labute approximate surface area is 133 Å². The summed E-state index contributed by atoms with van der Waals surface area (Å²) in [6.45, 7) is 9.18. The third kappa shape index (κ3) is 6.46. The van der Waals surface area contributed by atoms with Crippen molar-refractivity contribution in [2.75, 3.05) is 31.1 Å². The van der Waals surface area contributed by atoms with Gasteiger partial charge in [-0.2, -0.15) is 11.8 Å². The van der Waals surface area contributed by atoms with Gasteiger partial charge in [-0.05, 0) is 46.3 Å². The first kappa shape index (κ1) is 18.6. The molecule has 2 N–H and O–H groups in total. The summed E-state index contributed by atoms with van der Waals surface area (Å²) in [4.78, 5) is 4.56. The molecule has 1 fully saturated rings. The fourth-order valence-corrected chi connectivity index (χ4v) is 4.10. The molecular weight excluding hydrogens is 306 g/mol. The Morgan fingerprint density at radius 3 is 2.57 bits per heavy atom. The van der Waals surface area contributed by atoms with Crippen LogP contribution in [0.25, 0.3) is 0 Å². The number of nitrogens with zero attached hydrogens (tertiary/aromatic N) is 1. The van der Waals surface area contributed by atoms with Crippen molar-refractivity contribution >= 4 is 27.6 Å². The van der Waals surface area contributed by atoms with E-state index >= 15 is 0 Å². The number of aliphatic imine (C=N–C) groups is 1. The average Bonchev–Trinajstić information content (AvgIpc) is 2.87. The first-order valence-corrected chi connectivity index (χ1v) is 10.3. The molecule has 124 valence electrons. The molecule has 0 aromatic carbocycles. The Morgan fingerprint density at radius 1 is 1.33 bits per heavy atom. The molecule has 1 heterocycles. The highest BCUT2D eigenvalue weighted by Crippen LogP contribution is 2.25. The van der Waals surface area contributed by atoms with E-state index in [0.717, 1.165) is 13.1 Å². The minimum absolute atomic E-state index is 0.124. The molecule has 0 spiro atoms. The summed E-state index contributed by atoms with van der Waals surface area (Å²) in [6.07, 6.45) is 2.50. The van der Waals surface area contributed by atoms with Crippen LogP contribution in [-0.4, -0.2) is 55.5 Å². The van der Waals surface area contributed by atoms with Crippen molar-refractivity contribution in [3.63, 3.8) is 0 Å². The number of thioether (sulfide) groups is 1. The second-order valence-electron chi connectivity index (χ2n) is 6.21. The summed E-state index contributed by atoms with van der Waals surface area (Å²) in [5.41, 5.74) is 0. The first-order valence-electron chi connectivity index (χ1n) is 7.62. The molecule has 1 aliphatic rings. The summed E-state index contributed by atoms with van der Waals surface area (Å²) >= 11 is 1.98. The molecule has 5 nitrogen and oxygen atoms in total. The lowest BCUT2D eigenvalue weighted by Gasteiger charge is -2.20. The van der Waals surface area contributed by atoms with Crippen LogP contribution in [0.5, 0.6) is 0 Å². The van der Waals surface area contributed by atoms with Crippen molar-refractivity contribution in [3.8, 4) is 0 Å². The second-order valence-corrected chi connectivity index (χ2v) is 10.5. The van der Waals surface area contributed by atoms with E-state index in [-0.39, 0.29) is 5.75 Å². The van der Waals surface area contributed by atoms with Gasteiger partial charge >= 0.3 is 0 Å². The fraction of sp³-hybridized carbons (Fsp3) is 0.929. The molecule has 0 amide bonds. The zero-order valence-corrected chi connectivity index (χ0v) is 15.2. The van der Waals surface area contributed by atoms with Gasteiger partial charge in [-0.3, -0.25) is 4.99 Å². The molecular formula is C14H29N3O2S2. The van der Waals surface area contributed by atoms with Gasteiger partial charge in [-0.15, -0.1) is 0 Å². The third-order valence-electron chi connectivity index (χ3n) is 3.42. The van der Waals surface area contributed by atoms with Crippen LogP contribution in [0.4, 0.5) is 0 Å². The Kier molecular flexibility index (Phi) is 7.33. The van der Waals surface area contributed by atoms with Gasteiger partial charge in [-0.1, -0.05) is 0 Å². The molecule has 0 bridgehead atoms. The summed E-state index contributed by atoms with van der Waals surface area (Å²) < 4.78 is 23.4. The van der Waals surface area contributed by atoms with Gasteiger partial charge < -0.3 is 10.6 Å². The molecule has 1 rings (SSSR count). The van der Waals surface area contributed by atoms with Crippen LogP contribution in [0.15, 0.2) is 4.99 Å². The molecule has 21 heavy (non-hydrogen) atoms. The van der Waals surface area contributed by atoms with Crippen LogP contribution in [0.1, 0.15) is 40.5 Å². The molecule has 1 aliphatic heterocycles. The van der Waals surface area contributed by atoms with E-state index in [1.807, 2.05) is 18.7 Å². The predicted molar refractivity (Wildman–Crippen MR) is 93.0 cm³/mol. The molecule has 7 heteroatoms. The van der Waals surface area contributed by atoms with Gasteiger partial charge in [-0.25, -0.2) is 8.42 Å². The van der Waals surface area contributed by atoms with Crippen LogP contribution in [0.2, 0.25) is 0 Å². The number of hydrogen-bond donors (Lipinski definition) is 2. The normalized spacial score (nSPS) is 20.6. The maximum absolute atomic E-state index is 12.1. The Hall–Kier alpha value is -0.430. The zero-order chi connectivity index (χ0) is 15.9. The molecule has 0 radical (unpaired) electrons. The maximum atomic E-state index is 12.1. The predicted octanol–water partition coefficient (Wildman–Crippen LogP) is 1.65. The van der Waals surface area contributed by atoms with E-state index in [4.69, 9.17) is 0 Å². The lowest BCUT2D eigenvalue weighted by molar-refractivity contribution is 0.559. The van der Waals surface area contributed by atoms with Crippen molar-refractivity contribution in [3.05, 3.63) is 0 Å². The lowest BCUT2D eigenvalue weighted by Crippen LogP contribution is -2.42. The SMILES string of the molecule is CCNC(=NCC1CCCS1)NCCS(=O)(=O)C(C)(C)C. The second kappa shape index (κ2) is 8.27. The van der Waals surface area contributed by atoms with Crippen molar-refractivity contribution < 1.29 is 8.42 Å². The van der Waals surface area contributed by atoms with Crippen LogP contribution in [-0.2, 0) is 9.84 Å². The number of sulfone groups is 1. The quantitative estimate of drug-likeness (QED) is 0.570. The third-order valence-corrected chi connectivity index (χ3v) is 7.41. The number of guanidine groups is 1. The largest absolute Gasteiger partial charge is 0.357 e. The molecule has 1 unspecified atom stereocenters. The van der Waals surface area contributed by atoms with E-state index in [0.29, 0.717) is 17.8 Å². The van der Waals surface area contributed by atoms with Gasteiger partial charge in [0, 0.05) is 18.3 Å². The van der Waals surface area contributed by atoms with Gasteiger partial charge in [0.15, 0.2) is 15.8 Å². The standard InChI is InChI=1S/C14H29N3O2S2/c1-5-15-13(17-11-12-7-6-9-20-12)16-8-10-21(18,19)14(2,3)4/h12H,5-11H2,1-4H3,(H2,15,16,17). The van der Waals surface area contributed by atoms with Crippen LogP contribution >= 0.6 is 11.8 Å². The average molecular weight is 336 g/mol. The van der Waals surface area contributed by atoms with E-state index in [1.54, 1.807) is 20.8 Å². The van der Waals surface area contributed by atoms with Gasteiger partial charge in [0.25, 0.3) is 0 Å². The van der Waals surface area contributed by atoms with Crippen molar-refractivity contribution in [2.45, 2.75) is 50.5 Å². The number of rotatable bonds is 6. The van der Waals surface area contributed by atoms with Crippen molar-refractivity contribution in [1.29, 1.82) is 0 Å². The highest BCUT2D eigenvalue weighted by molar-refractivity contribution is 8.00. The van der Waals surface area contributed by atoms with E-state index in [2.05, 4.69) is 15.6 Å². The monoisotopic (exact) mass is 335 g/mol. The topological polar surface area (TPSA) is 70.6 Å². The van der Waals surface area contributed by atoms with Gasteiger partial charge in [0.05, 0.1) is 17.0 Å². The summed E-state index contributed by atoms with van der Waals surface area (Å²) in [5.74, 6) is 2.07. The fourth-order valence-electron chi connectivity index (χ4n) is 1.93. The number of nitrogens with one attached hydrogen (secondary N) is 2. The van der Waals surface area contributed by atoms with E-state index < -0.39 is 14.6 Å². The molecule has 0 saturated carbocycles. The molecule has 1 saturated heterocycles. The van der Waals surface area contributed by atoms with E-state index in [9.17, 15) is 8.42 Å². The van der Waals surface area contributed by atoms with Crippen molar-refractivity contribution in [2.24, 2.45) is 4.99 Å². The van der Waals surface area contributed by atoms with Gasteiger partial charge in [0.2, 0.25) is 0 Å². The summed E-state index contributed by atoms with van der Waals surface area (Å²) in [7, 11) is -3.09. The van der Waals surface area contributed by atoms with Crippen LogP contribution in [0, 0.1) is 0 Å². The van der Waals surface area contributed by atoms with E-state index in [1.165, 1.54) is 18.6 Å². The molecule has 0 aliphatic carbocycles. The summed E-state index contributed by atoms with van der Waals surface area (Å²) in [6, 6.07) is 0. The van der Waals surface area contributed by atoms with Crippen molar-refractivity contribution in [1.82, 2.24) is 10.6 Å². The molecule has 0 aromatic rings. The maximum Gasteiger partial charge on any atom is 0.191 e.